The molecular formula is C15H19NO4. The third kappa shape index (κ3) is 2.15. The number of hydrogen-bond donors (Lipinski definition) is 0. The lowest BCUT2D eigenvalue weighted by molar-refractivity contribution is 0.0140. The molecule has 1 amide bonds. The molecule has 2 saturated heterocycles. The van der Waals surface area contributed by atoms with Crippen molar-refractivity contribution in [1.82, 2.24) is 4.90 Å². The molecule has 108 valence electrons. The molecular weight excluding hydrogens is 258 g/mol. The minimum Gasteiger partial charge on any atom is -0.472 e. The number of carbonyl (C=O) groups excluding carboxylic acids is 1. The van der Waals surface area contributed by atoms with Crippen LogP contribution < -0.4 is 0 Å². The Morgan fingerprint density at radius 1 is 1.40 bits per heavy atom. The minimum atomic E-state index is 0.0248. The van der Waals surface area contributed by atoms with E-state index in [0.717, 1.165) is 12.5 Å². The highest BCUT2D eigenvalue weighted by atomic mass is 16.5. The lowest BCUT2D eigenvalue weighted by Gasteiger charge is -2.21. The van der Waals surface area contributed by atoms with Crippen molar-refractivity contribution in [2.24, 2.45) is 11.8 Å². The first kappa shape index (κ1) is 12.4. The van der Waals surface area contributed by atoms with Gasteiger partial charge in [0.2, 0.25) is 0 Å². The van der Waals surface area contributed by atoms with Gasteiger partial charge in [-0.1, -0.05) is 0 Å². The van der Waals surface area contributed by atoms with Gasteiger partial charge in [0.15, 0.2) is 0 Å². The lowest BCUT2D eigenvalue weighted by atomic mass is 10.0. The molecule has 1 aliphatic carbocycles. The number of carbonyl (C=O) groups is 1. The SMILES string of the molecule is O=C(c1ccoc1)N1C[C@@H](OCC2CC2)[C@@H]2COC[C@@H]21. The van der Waals surface area contributed by atoms with E-state index in [-0.39, 0.29) is 18.1 Å². The maximum Gasteiger partial charge on any atom is 0.257 e. The standard InChI is InChI=1S/C15H19NO4/c17-15(11-3-4-18-7-11)16-5-14(20-6-10-1-2-10)12-8-19-9-13(12)16/h3-4,7,10,12-14H,1-2,5-6,8-9H2/t12-,13+,14-/m1/s1. The van der Waals surface area contributed by atoms with Gasteiger partial charge in [-0.15, -0.1) is 0 Å². The lowest BCUT2D eigenvalue weighted by Crippen LogP contribution is -2.38. The highest BCUT2D eigenvalue weighted by molar-refractivity contribution is 5.94. The predicted molar refractivity (Wildman–Crippen MR) is 70.3 cm³/mol. The van der Waals surface area contributed by atoms with E-state index in [2.05, 4.69) is 0 Å². The van der Waals surface area contributed by atoms with Gasteiger partial charge in [-0.25, -0.2) is 0 Å². The van der Waals surface area contributed by atoms with E-state index in [0.29, 0.717) is 31.2 Å². The van der Waals surface area contributed by atoms with Gasteiger partial charge in [0, 0.05) is 19.1 Å². The number of nitrogens with zero attached hydrogens (tertiary/aromatic N) is 1. The molecule has 0 bridgehead atoms. The number of hydrogen-bond acceptors (Lipinski definition) is 4. The van der Waals surface area contributed by atoms with Gasteiger partial charge in [0.1, 0.15) is 6.26 Å². The van der Waals surface area contributed by atoms with Crippen LogP contribution >= 0.6 is 0 Å². The van der Waals surface area contributed by atoms with E-state index in [1.54, 1.807) is 6.07 Å². The zero-order chi connectivity index (χ0) is 13.5. The molecule has 5 heteroatoms. The Morgan fingerprint density at radius 3 is 3.05 bits per heavy atom. The number of furan rings is 1. The molecule has 3 atom stereocenters. The molecule has 1 aromatic heterocycles. The van der Waals surface area contributed by atoms with Crippen molar-refractivity contribution >= 4 is 5.91 Å². The van der Waals surface area contributed by atoms with Crippen molar-refractivity contribution in [2.45, 2.75) is 25.0 Å². The monoisotopic (exact) mass is 277 g/mol. The molecule has 0 N–H and O–H groups in total. The van der Waals surface area contributed by atoms with Crippen LogP contribution in [0.3, 0.4) is 0 Å². The summed E-state index contributed by atoms with van der Waals surface area (Å²) in [7, 11) is 0. The fourth-order valence-electron chi connectivity index (χ4n) is 3.21. The molecule has 0 unspecified atom stereocenters. The van der Waals surface area contributed by atoms with Crippen LogP contribution in [0, 0.1) is 11.8 Å². The third-order valence-corrected chi connectivity index (χ3v) is 4.62. The molecule has 0 aromatic carbocycles. The van der Waals surface area contributed by atoms with Gasteiger partial charge in [-0.3, -0.25) is 4.79 Å². The Bertz CT molecular complexity index is 482. The fraction of sp³-hybridized carbons (Fsp3) is 0.667. The van der Waals surface area contributed by atoms with Crippen LogP contribution in [0.15, 0.2) is 23.0 Å². The zero-order valence-electron chi connectivity index (χ0n) is 11.4. The summed E-state index contributed by atoms with van der Waals surface area (Å²) >= 11 is 0. The maximum atomic E-state index is 12.5. The van der Waals surface area contributed by atoms with Crippen LogP contribution in [0.4, 0.5) is 0 Å². The molecule has 0 spiro atoms. The van der Waals surface area contributed by atoms with Crippen LogP contribution in [0.2, 0.25) is 0 Å². The summed E-state index contributed by atoms with van der Waals surface area (Å²) < 4.78 is 16.6. The average molecular weight is 277 g/mol. The van der Waals surface area contributed by atoms with Gasteiger partial charge < -0.3 is 18.8 Å². The van der Waals surface area contributed by atoms with Crippen LogP contribution in [-0.2, 0) is 9.47 Å². The van der Waals surface area contributed by atoms with Crippen LogP contribution in [0.5, 0.6) is 0 Å². The van der Waals surface area contributed by atoms with Crippen molar-refractivity contribution in [2.75, 3.05) is 26.4 Å². The van der Waals surface area contributed by atoms with Gasteiger partial charge in [-0.2, -0.15) is 0 Å². The van der Waals surface area contributed by atoms with Crippen LogP contribution in [-0.4, -0.2) is 49.3 Å². The molecule has 2 aliphatic heterocycles. The van der Waals surface area contributed by atoms with Crippen molar-refractivity contribution < 1.29 is 18.7 Å². The number of rotatable bonds is 4. The molecule has 5 nitrogen and oxygen atoms in total. The molecule has 0 radical (unpaired) electrons. The summed E-state index contributed by atoms with van der Waals surface area (Å²) in [5.41, 5.74) is 0.610. The van der Waals surface area contributed by atoms with E-state index >= 15 is 0 Å². The Hall–Kier alpha value is -1.33. The summed E-state index contributed by atoms with van der Waals surface area (Å²) in [4.78, 5) is 14.4. The molecule has 20 heavy (non-hydrogen) atoms. The van der Waals surface area contributed by atoms with E-state index in [1.165, 1.54) is 25.4 Å². The van der Waals surface area contributed by atoms with Crippen LogP contribution in [0.25, 0.3) is 0 Å². The second-order valence-corrected chi connectivity index (χ2v) is 6.05. The Balaban J connectivity index is 1.47. The second kappa shape index (κ2) is 4.90. The highest BCUT2D eigenvalue weighted by Crippen LogP contribution is 2.35. The molecule has 4 rings (SSSR count). The summed E-state index contributed by atoms with van der Waals surface area (Å²) in [5, 5.41) is 0. The summed E-state index contributed by atoms with van der Waals surface area (Å²) in [6.45, 7) is 2.84. The van der Waals surface area contributed by atoms with E-state index in [9.17, 15) is 4.79 Å². The predicted octanol–water partition coefficient (Wildman–Crippen LogP) is 1.55. The maximum absolute atomic E-state index is 12.5. The van der Waals surface area contributed by atoms with Crippen LogP contribution in [0.1, 0.15) is 23.2 Å². The normalized spacial score (nSPS) is 32.6. The number of fused-ring (bicyclic) bond motifs is 1. The average Bonchev–Trinajstić information content (AvgIpc) is 2.90. The molecule has 1 saturated carbocycles. The fourth-order valence-corrected chi connectivity index (χ4v) is 3.21. The largest absolute Gasteiger partial charge is 0.472 e. The van der Waals surface area contributed by atoms with Gasteiger partial charge in [0.25, 0.3) is 5.91 Å². The highest BCUT2D eigenvalue weighted by Gasteiger charge is 2.48. The Kier molecular flexibility index (Phi) is 3.04. The van der Waals surface area contributed by atoms with Gasteiger partial charge in [-0.05, 0) is 24.8 Å². The zero-order valence-corrected chi connectivity index (χ0v) is 11.4. The molecule has 3 aliphatic rings. The first-order valence-corrected chi connectivity index (χ1v) is 7.35. The Labute approximate surface area is 117 Å². The van der Waals surface area contributed by atoms with Crippen molar-refractivity contribution in [3.8, 4) is 0 Å². The van der Waals surface area contributed by atoms with Crippen molar-refractivity contribution in [3.05, 3.63) is 24.2 Å². The van der Waals surface area contributed by atoms with E-state index in [1.807, 2.05) is 4.90 Å². The van der Waals surface area contributed by atoms with Crippen molar-refractivity contribution in [3.63, 3.8) is 0 Å². The molecule has 3 fully saturated rings. The topological polar surface area (TPSA) is 51.9 Å². The van der Waals surface area contributed by atoms with E-state index < -0.39 is 0 Å². The number of amides is 1. The quantitative estimate of drug-likeness (QED) is 0.838. The van der Waals surface area contributed by atoms with Gasteiger partial charge in [0.05, 0.1) is 37.2 Å². The smallest absolute Gasteiger partial charge is 0.257 e. The van der Waals surface area contributed by atoms with Crippen molar-refractivity contribution in [1.29, 1.82) is 0 Å². The minimum absolute atomic E-state index is 0.0248. The summed E-state index contributed by atoms with van der Waals surface area (Å²) in [5.74, 6) is 1.09. The first-order valence-electron chi connectivity index (χ1n) is 7.35. The number of ether oxygens (including phenoxy) is 2. The number of likely N-dealkylation sites (tertiary alicyclic amines) is 1. The summed E-state index contributed by atoms with van der Waals surface area (Å²) in [6, 6.07) is 1.87. The third-order valence-electron chi connectivity index (χ3n) is 4.62. The first-order chi connectivity index (χ1) is 9.83. The Morgan fingerprint density at radius 2 is 2.30 bits per heavy atom. The molecule has 1 aromatic rings. The van der Waals surface area contributed by atoms with Gasteiger partial charge >= 0.3 is 0 Å². The second-order valence-electron chi connectivity index (χ2n) is 6.05. The molecule has 3 heterocycles. The van der Waals surface area contributed by atoms with E-state index in [4.69, 9.17) is 13.9 Å². The summed E-state index contributed by atoms with van der Waals surface area (Å²) in [6.07, 6.45) is 5.74.